The summed E-state index contributed by atoms with van der Waals surface area (Å²) < 4.78 is 18.7. The van der Waals surface area contributed by atoms with Crippen molar-refractivity contribution in [3.63, 3.8) is 0 Å². The van der Waals surface area contributed by atoms with E-state index in [2.05, 4.69) is 9.55 Å². The monoisotopic (exact) mass is 455 g/mol. The van der Waals surface area contributed by atoms with Gasteiger partial charge in [0.15, 0.2) is 5.82 Å². The molecule has 2 heterocycles. The van der Waals surface area contributed by atoms with Crippen molar-refractivity contribution in [1.82, 2.24) is 14.5 Å². The van der Waals surface area contributed by atoms with Crippen LogP contribution in [0, 0.1) is 0 Å². The molecule has 2 aromatic heterocycles. The number of rotatable bonds is 11. The normalized spacial score (nSPS) is 12.3. The van der Waals surface area contributed by atoms with E-state index in [4.69, 9.17) is 30.7 Å². The van der Waals surface area contributed by atoms with Crippen molar-refractivity contribution in [2.75, 3.05) is 32.1 Å². The number of ether oxygens (including phenoxy) is 3. The van der Waals surface area contributed by atoms with Crippen molar-refractivity contribution in [2.24, 2.45) is 5.73 Å². The molecule has 0 aliphatic carbocycles. The minimum atomic E-state index is -0.485. The highest BCUT2D eigenvalue weighted by atomic mass is 16.5. The summed E-state index contributed by atoms with van der Waals surface area (Å²) in [6, 6.07) is 5.77. The summed E-state index contributed by atoms with van der Waals surface area (Å²) >= 11 is 0. The van der Waals surface area contributed by atoms with Crippen LogP contribution in [0.5, 0.6) is 0 Å². The molecule has 0 unspecified atom stereocenters. The minimum Gasteiger partial charge on any atom is -0.463 e. The molecule has 178 valence electrons. The zero-order valence-corrected chi connectivity index (χ0v) is 19.8. The number of pyridine rings is 1. The van der Waals surface area contributed by atoms with Crippen molar-refractivity contribution in [2.45, 2.75) is 46.4 Å². The van der Waals surface area contributed by atoms with Gasteiger partial charge in [-0.2, -0.15) is 0 Å². The molecule has 0 bridgehead atoms. The first-order chi connectivity index (χ1) is 15.8. The number of carbonyl (C=O) groups excluding carboxylic acids is 1. The maximum atomic E-state index is 11.7. The van der Waals surface area contributed by atoms with Crippen LogP contribution in [0.2, 0.25) is 0 Å². The van der Waals surface area contributed by atoms with E-state index >= 15 is 0 Å². The van der Waals surface area contributed by atoms with Crippen LogP contribution in [-0.2, 0) is 32.2 Å². The second-order valence-electron chi connectivity index (χ2n) is 8.20. The number of esters is 1. The minimum absolute atomic E-state index is 0.330. The van der Waals surface area contributed by atoms with E-state index < -0.39 is 5.60 Å². The van der Waals surface area contributed by atoms with Crippen molar-refractivity contribution in [1.29, 1.82) is 0 Å². The summed E-state index contributed by atoms with van der Waals surface area (Å²) in [5.74, 6) is 0.698. The Kier molecular flexibility index (Phi) is 8.01. The van der Waals surface area contributed by atoms with Gasteiger partial charge >= 0.3 is 5.97 Å². The van der Waals surface area contributed by atoms with E-state index in [0.29, 0.717) is 56.4 Å². The summed E-state index contributed by atoms with van der Waals surface area (Å²) in [5, 5.41) is 0.900. The largest absolute Gasteiger partial charge is 0.463 e. The molecule has 0 radical (unpaired) electrons. The van der Waals surface area contributed by atoms with Gasteiger partial charge in [-0.25, -0.2) is 14.8 Å². The Morgan fingerprint density at radius 3 is 2.70 bits per heavy atom. The van der Waals surface area contributed by atoms with Crippen LogP contribution in [-0.4, -0.2) is 52.5 Å². The second kappa shape index (κ2) is 10.7. The third kappa shape index (κ3) is 5.87. The van der Waals surface area contributed by atoms with Crippen molar-refractivity contribution < 1.29 is 19.0 Å². The highest BCUT2D eigenvalue weighted by molar-refractivity contribution is 6.07. The Morgan fingerprint density at radius 2 is 2.00 bits per heavy atom. The molecular weight excluding hydrogens is 422 g/mol. The van der Waals surface area contributed by atoms with Crippen LogP contribution in [0.25, 0.3) is 28.0 Å². The summed E-state index contributed by atoms with van der Waals surface area (Å²) in [7, 11) is 0. The summed E-state index contributed by atoms with van der Waals surface area (Å²) in [5.41, 5.74) is 14.5. The van der Waals surface area contributed by atoms with Gasteiger partial charge in [0.05, 0.1) is 36.4 Å². The number of nitrogens with zero attached hydrogens (tertiary/aromatic N) is 3. The predicted octanol–water partition coefficient (Wildman–Crippen LogP) is 3.03. The molecule has 3 rings (SSSR count). The fourth-order valence-corrected chi connectivity index (χ4v) is 3.67. The lowest BCUT2D eigenvalue weighted by Crippen LogP contribution is -2.33. The molecule has 3 aromatic rings. The number of fused-ring (bicyclic) bond motifs is 3. The Labute approximate surface area is 193 Å². The lowest BCUT2D eigenvalue weighted by molar-refractivity contribution is -0.137. The Morgan fingerprint density at radius 1 is 1.21 bits per heavy atom. The molecule has 0 aliphatic rings. The number of benzene rings is 1. The first-order valence-electron chi connectivity index (χ1n) is 11.1. The number of imidazole rings is 1. The SMILES string of the molecule is CCOCc1nc2c(N)nc3cc(C=CC(=O)OCC)ccc3c2n1CC(C)(C)OCCN. The standard InChI is InChI=1S/C24H33N5O4/c1-5-31-14-19-28-21-22(29(19)15-24(3,4)33-12-11-25)17-9-7-16(8-10-20(30)32-6-2)13-18(17)27-23(21)26/h7-10,13H,5-6,11-12,14-15,25H2,1-4H3,(H2,26,27). The van der Waals surface area contributed by atoms with Crippen molar-refractivity contribution in [3.05, 3.63) is 35.7 Å². The van der Waals surface area contributed by atoms with Gasteiger partial charge in [-0.3, -0.25) is 0 Å². The molecule has 33 heavy (non-hydrogen) atoms. The van der Waals surface area contributed by atoms with Gasteiger partial charge in [-0.05, 0) is 45.4 Å². The number of aromatic nitrogens is 3. The third-order valence-electron chi connectivity index (χ3n) is 5.09. The zero-order chi connectivity index (χ0) is 24.0. The number of anilines is 1. The summed E-state index contributed by atoms with van der Waals surface area (Å²) in [4.78, 5) is 21.0. The Hall–Kier alpha value is -3.01. The smallest absolute Gasteiger partial charge is 0.330 e. The fraction of sp³-hybridized carbons (Fsp3) is 0.458. The van der Waals surface area contributed by atoms with Gasteiger partial charge in [0, 0.05) is 24.6 Å². The van der Waals surface area contributed by atoms with E-state index in [1.165, 1.54) is 6.08 Å². The van der Waals surface area contributed by atoms with Gasteiger partial charge in [0.2, 0.25) is 0 Å². The number of nitrogens with two attached hydrogens (primary N) is 2. The number of hydrogen-bond acceptors (Lipinski definition) is 8. The van der Waals surface area contributed by atoms with Crippen molar-refractivity contribution >= 4 is 39.8 Å². The molecule has 0 atom stereocenters. The summed E-state index contributed by atoms with van der Waals surface area (Å²) in [6.07, 6.45) is 3.09. The highest BCUT2D eigenvalue weighted by Gasteiger charge is 2.25. The van der Waals surface area contributed by atoms with E-state index in [0.717, 1.165) is 22.3 Å². The van der Waals surface area contributed by atoms with E-state index in [1.54, 1.807) is 13.0 Å². The number of nitrogen functional groups attached to an aromatic ring is 1. The molecule has 1 aromatic carbocycles. The number of hydrogen-bond donors (Lipinski definition) is 2. The molecule has 0 spiro atoms. The van der Waals surface area contributed by atoms with Gasteiger partial charge in [0.1, 0.15) is 17.9 Å². The molecule has 0 fully saturated rings. The topological polar surface area (TPSA) is 128 Å². The first kappa shape index (κ1) is 24.6. The second-order valence-corrected chi connectivity index (χ2v) is 8.20. The molecule has 0 aliphatic heterocycles. The average Bonchev–Trinajstić information content (AvgIpc) is 3.13. The van der Waals surface area contributed by atoms with Gasteiger partial charge in [0.25, 0.3) is 0 Å². The van der Waals surface area contributed by atoms with E-state index in [9.17, 15) is 4.79 Å². The molecule has 0 saturated carbocycles. The molecule has 0 saturated heterocycles. The lowest BCUT2D eigenvalue weighted by Gasteiger charge is -2.27. The van der Waals surface area contributed by atoms with Crippen LogP contribution in [0.4, 0.5) is 5.82 Å². The Balaban J connectivity index is 2.13. The zero-order valence-electron chi connectivity index (χ0n) is 19.8. The van der Waals surface area contributed by atoms with Crippen LogP contribution in [0.15, 0.2) is 24.3 Å². The maximum Gasteiger partial charge on any atom is 0.330 e. The van der Waals surface area contributed by atoms with Crippen LogP contribution < -0.4 is 11.5 Å². The average molecular weight is 456 g/mol. The quantitative estimate of drug-likeness (QED) is 0.334. The lowest BCUT2D eigenvalue weighted by atomic mass is 10.1. The van der Waals surface area contributed by atoms with E-state index in [-0.39, 0.29) is 5.97 Å². The van der Waals surface area contributed by atoms with Gasteiger partial charge in [-0.1, -0.05) is 12.1 Å². The van der Waals surface area contributed by atoms with Crippen LogP contribution in [0.1, 0.15) is 39.1 Å². The molecule has 4 N–H and O–H groups in total. The summed E-state index contributed by atoms with van der Waals surface area (Å²) in [6.45, 7) is 10.4. The van der Waals surface area contributed by atoms with Crippen LogP contribution >= 0.6 is 0 Å². The number of carbonyl (C=O) groups is 1. The molecule has 0 amide bonds. The van der Waals surface area contributed by atoms with E-state index in [1.807, 2.05) is 39.0 Å². The Bertz CT molecular complexity index is 1150. The molecule has 9 heteroatoms. The van der Waals surface area contributed by atoms with Crippen molar-refractivity contribution in [3.8, 4) is 0 Å². The highest BCUT2D eigenvalue weighted by Crippen LogP contribution is 2.31. The van der Waals surface area contributed by atoms with Gasteiger partial charge < -0.3 is 30.2 Å². The maximum absolute atomic E-state index is 11.7. The molecular formula is C24H33N5O4. The van der Waals surface area contributed by atoms with Gasteiger partial charge in [-0.15, -0.1) is 0 Å². The van der Waals surface area contributed by atoms with Crippen LogP contribution in [0.3, 0.4) is 0 Å². The first-order valence-corrected chi connectivity index (χ1v) is 11.1. The molecule has 9 nitrogen and oxygen atoms in total. The fourth-order valence-electron chi connectivity index (χ4n) is 3.67. The third-order valence-corrected chi connectivity index (χ3v) is 5.09. The predicted molar refractivity (Wildman–Crippen MR) is 130 cm³/mol.